The molecule has 0 unspecified atom stereocenters. The van der Waals surface area contributed by atoms with Gasteiger partial charge in [0.15, 0.2) is 5.82 Å². The van der Waals surface area contributed by atoms with Crippen LogP contribution in [-0.4, -0.2) is 78.6 Å². The molecule has 6 rings (SSSR count). The molecule has 3 heterocycles. The molecule has 9 heteroatoms. The van der Waals surface area contributed by atoms with Gasteiger partial charge < -0.3 is 20.2 Å². The molecule has 3 aromatic carbocycles. The molecule has 0 saturated carbocycles. The Kier molecular flexibility index (Phi) is 6.21. The van der Waals surface area contributed by atoms with Crippen molar-refractivity contribution in [2.24, 2.45) is 0 Å². The van der Waals surface area contributed by atoms with Crippen molar-refractivity contribution < 1.29 is 9.50 Å². The number of aromatic nitrogens is 2. The number of likely N-dealkylation sites (N-methyl/N-ethyl adjacent to an activating group) is 1. The first-order chi connectivity index (χ1) is 17.4. The second-order valence-electron chi connectivity index (χ2n) is 9.76. The van der Waals surface area contributed by atoms with Crippen LogP contribution in [0.2, 0.25) is 5.02 Å². The number of nitrogens with zero attached hydrogens (tertiary/aromatic N) is 4. The number of rotatable bonds is 4. The topological polar surface area (TPSA) is 64.5 Å². The van der Waals surface area contributed by atoms with Crippen molar-refractivity contribution in [1.29, 1.82) is 0 Å². The van der Waals surface area contributed by atoms with Gasteiger partial charge in [0.05, 0.1) is 10.5 Å². The second kappa shape index (κ2) is 9.38. The van der Waals surface area contributed by atoms with E-state index in [0.29, 0.717) is 33.5 Å². The van der Waals surface area contributed by atoms with E-state index < -0.39 is 13.7 Å². The van der Waals surface area contributed by atoms with Gasteiger partial charge in [-0.15, -0.1) is 0 Å². The van der Waals surface area contributed by atoms with Crippen molar-refractivity contribution in [2.45, 2.75) is 6.04 Å². The van der Waals surface area contributed by atoms with Crippen LogP contribution >= 0.6 is 19.5 Å². The zero-order chi connectivity index (χ0) is 25.0. The molecule has 0 atom stereocenters. The van der Waals surface area contributed by atoms with Crippen LogP contribution in [0.15, 0.2) is 42.5 Å². The lowest BCUT2D eigenvalue weighted by molar-refractivity contribution is 0.245. The fraction of sp³-hybridized carbons (Fsp3) is 0.333. The molecular weight excluding hydrogens is 496 g/mol. The van der Waals surface area contributed by atoms with Crippen LogP contribution in [-0.2, 0) is 0 Å². The van der Waals surface area contributed by atoms with E-state index >= 15 is 4.39 Å². The minimum Gasteiger partial charge on any atom is -0.508 e. The molecule has 0 amide bonds. The molecule has 0 spiro atoms. The monoisotopic (exact) mass is 523 g/mol. The smallest absolute Gasteiger partial charge is 0.226 e. The Bertz CT molecular complexity index is 1470. The van der Waals surface area contributed by atoms with E-state index in [1.54, 1.807) is 12.1 Å². The Morgan fingerprint density at radius 2 is 1.83 bits per heavy atom. The largest absolute Gasteiger partial charge is 0.508 e. The van der Waals surface area contributed by atoms with Gasteiger partial charge in [-0.2, -0.15) is 0 Å². The molecule has 2 fully saturated rings. The summed E-state index contributed by atoms with van der Waals surface area (Å²) in [6.45, 7) is 3.50. The molecule has 0 bridgehead atoms. The summed E-state index contributed by atoms with van der Waals surface area (Å²) in [4.78, 5) is 14.1. The summed E-state index contributed by atoms with van der Waals surface area (Å²) in [5.41, 5.74) is 2.06. The van der Waals surface area contributed by atoms with E-state index in [1.165, 1.54) is 0 Å². The Labute approximate surface area is 215 Å². The maximum absolute atomic E-state index is 16.5. The summed E-state index contributed by atoms with van der Waals surface area (Å²) in [7, 11) is 3.59. The molecule has 1 aromatic heterocycles. The Hall–Kier alpha value is -2.57. The van der Waals surface area contributed by atoms with Crippen molar-refractivity contribution in [2.75, 3.05) is 57.5 Å². The van der Waals surface area contributed by atoms with Crippen LogP contribution in [0.25, 0.3) is 32.8 Å². The van der Waals surface area contributed by atoms with Gasteiger partial charge in [-0.1, -0.05) is 43.8 Å². The number of aromatic hydroxyl groups is 1. The average molecular weight is 524 g/mol. The molecule has 4 aromatic rings. The number of hydrogen-bond acceptors (Lipinski definition) is 6. The minimum absolute atomic E-state index is 0.0665. The van der Waals surface area contributed by atoms with Crippen LogP contribution in [0.4, 0.5) is 10.3 Å². The fourth-order valence-electron chi connectivity index (χ4n) is 5.12. The SMILES string of the molecule is CN(C)C1CN(c2nc(P3CCNCC3)c3cc(Cl)c(-c4cc(O)cc5ccccc45)c(F)c3n2)C1. The lowest BCUT2D eigenvalue weighted by Gasteiger charge is -2.43. The second-order valence-corrected chi connectivity index (χ2v) is 12.6. The first-order valence-electron chi connectivity index (χ1n) is 12.2. The van der Waals surface area contributed by atoms with Crippen LogP contribution in [0.1, 0.15) is 0 Å². The third-order valence-electron chi connectivity index (χ3n) is 7.26. The molecule has 6 nitrogen and oxygen atoms in total. The summed E-state index contributed by atoms with van der Waals surface area (Å²) in [6, 6.07) is 13.1. The molecule has 0 aliphatic carbocycles. The molecule has 186 valence electrons. The third-order valence-corrected chi connectivity index (χ3v) is 10.0. The average Bonchev–Trinajstić information content (AvgIpc) is 2.83. The summed E-state index contributed by atoms with van der Waals surface area (Å²) >= 11 is 6.80. The van der Waals surface area contributed by atoms with Gasteiger partial charge in [-0.25, -0.2) is 14.4 Å². The molecular formula is C27H28ClFN5OP. The minimum atomic E-state index is -0.550. The van der Waals surface area contributed by atoms with Gasteiger partial charge in [0.1, 0.15) is 11.3 Å². The highest BCUT2D eigenvalue weighted by atomic mass is 35.5. The highest BCUT2D eigenvalue weighted by Crippen LogP contribution is 2.43. The molecule has 2 saturated heterocycles. The van der Waals surface area contributed by atoms with Crippen LogP contribution in [0.3, 0.4) is 0 Å². The van der Waals surface area contributed by atoms with Crippen LogP contribution < -0.4 is 15.7 Å². The maximum Gasteiger partial charge on any atom is 0.226 e. The molecule has 2 N–H and O–H groups in total. The number of fused-ring (bicyclic) bond motifs is 2. The van der Waals surface area contributed by atoms with E-state index in [4.69, 9.17) is 21.6 Å². The highest BCUT2D eigenvalue weighted by Gasteiger charge is 2.32. The number of benzene rings is 3. The zero-order valence-electron chi connectivity index (χ0n) is 20.3. The molecule has 2 aliphatic rings. The standard InChI is InChI=1S/C27H28ClFN5OP/c1-33(2)17-14-34(15-17)27-31-25-21(26(32-27)36-9-7-30-8-10-36)13-22(28)23(24(25)29)20-12-18(35)11-16-5-3-4-6-19(16)20/h3-6,11-13,17,30,35H,7-10,14-15H2,1-2H3. The van der Waals surface area contributed by atoms with Crippen molar-refractivity contribution in [3.8, 4) is 16.9 Å². The van der Waals surface area contributed by atoms with E-state index in [9.17, 15) is 5.11 Å². The lowest BCUT2D eigenvalue weighted by Crippen LogP contribution is -2.58. The van der Waals surface area contributed by atoms with Gasteiger partial charge in [0.2, 0.25) is 5.95 Å². The number of nitrogens with one attached hydrogen (secondary N) is 1. The lowest BCUT2D eigenvalue weighted by atomic mass is 9.96. The van der Waals surface area contributed by atoms with Crippen molar-refractivity contribution >= 4 is 52.6 Å². The molecule has 2 aliphatic heterocycles. The summed E-state index contributed by atoms with van der Waals surface area (Å²) in [5, 5.41) is 16.5. The van der Waals surface area contributed by atoms with Crippen molar-refractivity contribution in [3.63, 3.8) is 0 Å². The number of phenolic OH excluding ortho intramolecular Hbond substituents is 1. The quantitative estimate of drug-likeness (QED) is 0.386. The summed E-state index contributed by atoms with van der Waals surface area (Å²) < 4.78 is 16.5. The number of hydrogen-bond donors (Lipinski definition) is 2. The zero-order valence-corrected chi connectivity index (χ0v) is 22.0. The first kappa shape index (κ1) is 23.8. The highest BCUT2D eigenvalue weighted by molar-refractivity contribution is 7.66. The van der Waals surface area contributed by atoms with Gasteiger partial charge in [0, 0.05) is 30.1 Å². The third kappa shape index (κ3) is 4.08. The predicted molar refractivity (Wildman–Crippen MR) is 148 cm³/mol. The van der Waals surface area contributed by atoms with Gasteiger partial charge in [0.25, 0.3) is 0 Å². The van der Waals surface area contributed by atoms with E-state index in [1.807, 2.05) is 30.3 Å². The Morgan fingerprint density at radius 3 is 2.58 bits per heavy atom. The van der Waals surface area contributed by atoms with Crippen molar-refractivity contribution in [3.05, 3.63) is 53.3 Å². The number of halogens is 2. The Balaban J connectivity index is 1.57. The summed E-state index contributed by atoms with van der Waals surface area (Å²) in [5.74, 6) is 0.189. The summed E-state index contributed by atoms with van der Waals surface area (Å²) in [6.07, 6.45) is 2.00. The predicted octanol–water partition coefficient (Wildman–Crippen LogP) is 4.41. The molecule has 36 heavy (non-hydrogen) atoms. The fourth-order valence-corrected chi connectivity index (χ4v) is 7.66. The van der Waals surface area contributed by atoms with E-state index in [2.05, 4.69) is 29.2 Å². The van der Waals surface area contributed by atoms with E-state index in [0.717, 1.165) is 54.7 Å². The Morgan fingerprint density at radius 1 is 1.08 bits per heavy atom. The van der Waals surface area contributed by atoms with Crippen LogP contribution in [0.5, 0.6) is 5.75 Å². The van der Waals surface area contributed by atoms with E-state index in [-0.39, 0.29) is 11.3 Å². The maximum atomic E-state index is 16.5. The first-order valence-corrected chi connectivity index (χ1v) is 14.3. The number of phenols is 1. The van der Waals surface area contributed by atoms with Crippen molar-refractivity contribution in [1.82, 2.24) is 20.2 Å². The number of anilines is 1. The van der Waals surface area contributed by atoms with Gasteiger partial charge in [-0.05, 0) is 74.0 Å². The van der Waals surface area contributed by atoms with Gasteiger partial charge >= 0.3 is 0 Å². The molecule has 0 radical (unpaired) electrons. The van der Waals surface area contributed by atoms with Crippen LogP contribution in [0, 0.1) is 5.82 Å². The normalized spacial score (nSPS) is 17.3. The van der Waals surface area contributed by atoms with Gasteiger partial charge in [-0.3, -0.25) is 0 Å².